The lowest BCUT2D eigenvalue weighted by Gasteiger charge is -2.19. The van der Waals surface area contributed by atoms with Gasteiger partial charge >= 0.3 is 6.03 Å². The molecule has 9 nitrogen and oxygen atoms in total. The van der Waals surface area contributed by atoms with Crippen LogP contribution in [0.25, 0.3) is 0 Å². The Morgan fingerprint density at radius 2 is 2.00 bits per heavy atom. The van der Waals surface area contributed by atoms with Crippen LogP contribution in [0.15, 0.2) is 30.3 Å². The molecule has 28 heavy (non-hydrogen) atoms. The molecule has 0 saturated carbocycles. The van der Waals surface area contributed by atoms with E-state index in [0.717, 1.165) is 12.2 Å². The van der Waals surface area contributed by atoms with Gasteiger partial charge in [0.05, 0.1) is 26.5 Å². The maximum atomic E-state index is 12.6. The number of carbonyl (C=O) groups excluding carboxylic acids is 1. The summed E-state index contributed by atoms with van der Waals surface area (Å²) in [5, 5.41) is 11.1. The summed E-state index contributed by atoms with van der Waals surface area (Å²) < 4.78 is 16.5. The van der Waals surface area contributed by atoms with Gasteiger partial charge < -0.3 is 29.3 Å². The summed E-state index contributed by atoms with van der Waals surface area (Å²) in [5.74, 6) is 2.25. The average molecular weight is 387 g/mol. The smallest absolute Gasteiger partial charge is 0.322 e. The molecule has 0 radical (unpaired) electrons. The molecule has 2 aromatic rings. The number of methoxy groups -OCH3 is 2. The average Bonchev–Trinajstić information content (AvgIpc) is 3.16. The van der Waals surface area contributed by atoms with Gasteiger partial charge in [-0.15, -0.1) is 10.2 Å². The van der Waals surface area contributed by atoms with Gasteiger partial charge in [-0.05, 0) is 18.2 Å². The maximum Gasteiger partial charge on any atom is 0.322 e. The van der Waals surface area contributed by atoms with Gasteiger partial charge in [0, 0.05) is 33.1 Å². The van der Waals surface area contributed by atoms with Gasteiger partial charge in [0.2, 0.25) is 5.88 Å². The Bertz CT molecular complexity index is 812. The number of rotatable bonds is 6. The van der Waals surface area contributed by atoms with E-state index in [-0.39, 0.29) is 12.1 Å². The van der Waals surface area contributed by atoms with E-state index in [2.05, 4.69) is 15.5 Å². The minimum Gasteiger partial charge on any atom is -0.493 e. The van der Waals surface area contributed by atoms with Crippen molar-refractivity contribution in [2.75, 3.05) is 51.6 Å². The van der Waals surface area contributed by atoms with Crippen LogP contribution < -0.4 is 24.4 Å². The largest absolute Gasteiger partial charge is 0.493 e. The fourth-order valence-corrected chi connectivity index (χ4v) is 2.97. The Morgan fingerprint density at radius 1 is 1.18 bits per heavy atom. The minimum absolute atomic E-state index is 0.127. The Hall–Kier alpha value is -3.23. The van der Waals surface area contributed by atoms with Crippen LogP contribution in [-0.4, -0.2) is 68.6 Å². The number of aromatic nitrogens is 2. The molecular weight excluding hydrogens is 362 g/mol. The molecule has 1 unspecified atom stereocenters. The monoisotopic (exact) mass is 387 g/mol. The summed E-state index contributed by atoms with van der Waals surface area (Å²) in [7, 11) is 6.89. The van der Waals surface area contributed by atoms with Gasteiger partial charge in [0.15, 0.2) is 17.3 Å². The third-order valence-corrected chi connectivity index (χ3v) is 4.45. The highest BCUT2D eigenvalue weighted by Gasteiger charge is 2.28. The SMILES string of the molecule is COc1cccc(NC(=O)N2CCC(Oc3ccc(N(C)C)nn3)C2)c1OC. The highest BCUT2D eigenvalue weighted by Crippen LogP contribution is 2.35. The van der Waals surface area contributed by atoms with E-state index in [1.807, 2.05) is 25.1 Å². The summed E-state index contributed by atoms with van der Waals surface area (Å²) in [6.45, 7) is 1.06. The quantitative estimate of drug-likeness (QED) is 0.813. The van der Waals surface area contributed by atoms with E-state index >= 15 is 0 Å². The van der Waals surface area contributed by atoms with Gasteiger partial charge in [-0.3, -0.25) is 0 Å². The summed E-state index contributed by atoms with van der Waals surface area (Å²) in [6, 6.07) is 8.75. The first-order chi connectivity index (χ1) is 13.5. The fourth-order valence-electron chi connectivity index (χ4n) is 2.97. The molecule has 1 aromatic carbocycles. The van der Waals surface area contributed by atoms with E-state index < -0.39 is 0 Å². The molecule has 1 aliphatic rings. The molecule has 3 rings (SSSR count). The first kappa shape index (κ1) is 19.5. The third-order valence-electron chi connectivity index (χ3n) is 4.45. The van der Waals surface area contributed by atoms with Gasteiger partial charge in [0.1, 0.15) is 6.10 Å². The molecule has 0 bridgehead atoms. The van der Waals surface area contributed by atoms with Crippen molar-refractivity contribution in [3.05, 3.63) is 30.3 Å². The number of hydrogen-bond donors (Lipinski definition) is 1. The lowest BCUT2D eigenvalue weighted by atomic mass is 10.2. The van der Waals surface area contributed by atoms with Crippen LogP contribution in [-0.2, 0) is 0 Å². The summed E-state index contributed by atoms with van der Waals surface area (Å²) >= 11 is 0. The molecule has 1 aliphatic heterocycles. The van der Waals surface area contributed by atoms with Crippen LogP contribution in [0.4, 0.5) is 16.3 Å². The highest BCUT2D eigenvalue weighted by molar-refractivity contribution is 5.91. The van der Waals surface area contributed by atoms with Crippen LogP contribution in [0, 0.1) is 0 Å². The lowest BCUT2D eigenvalue weighted by molar-refractivity contribution is 0.188. The van der Waals surface area contributed by atoms with Crippen molar-refractivity contribution in [2.24, 2.45) is 0 Å². The Balaban J connectivity index is 1.58. The third kappa shape index (κ3) is 4.36. The van der Waals surface area contributed by atoms with E-state index in [4.69, 9.17) is 14.2 Å². The van der Waals surface area contributed by atoms with Crippen LogP contribution >= 0.6 is 0 Å². The van der Waals surface area contributed by atoms with E-state index in [0.29, 0.717) is 36.2 Å². The number of urea groups is 1. The summed E-state index contributed by atoms with van der Waals surface area (Å²) in [4.78, 5) is 16.2. The maximum absolute atomic E-state index is 12.6. The van der Waals surface area contributed by atoms with Gasteiger partial charge in [-0.25, -0.2) is 4.79 Å². The van der Waals surface area contributed by atoms with Crippen molar-refractivity contribution >= 4 is 17.5 Å². The van der Waals surface area contributed by atoms with Gasteiger partial charge in [-0.1, -0.05) is 6.07 Å². The number of likely N-dealkylation sites (tertiary alicyclic amines) is 1. The molecule has 2 amide bonds. The Morgan fingerprint density at radius 3 is 2.64 bits per heavy atom. The molecular formula is C19H25N5O4. The number of benzene rings is 1. The van der Waals surface area contributed by atoms with Crippen molar-refractivity contribution in [1.29, 1.82) is 0 Å². The van der Waals surface area contributed by atoms with E-state index in [9.17, 15) is 4.79 Å². The molecule has 1 N–H and O–H groups in total. The normalized spacial score (nSPS) is 15.9. The zero-order chi connectivity index (χ0) is 20.1. The van der Waals surface area contributed by atoms with Crippen molar-refractivity contribution < 1.29 is 19.0 Å². The first-order valence-electron chi connectivity index (χ1n) is 8.96. The predicted molar refractivity (Wildman–Crippen MR) is 106 cm³/mol. The molecule has 9 heteroatoms. The number of amides is 2. The standard InChI is InChI=1S/C19H25N5O4/c1-23(2)16-8-9-17(22-21-16)28-13-10-11-24(12-13)19(25)20-14-6-5-7-15(26-3)18(14)27-4/h5-9,13H,10-12H2,1-4H3,(H,20,25). The van der Waals surface area contributed by atoms with E-state index in [1.54, 1.807) is 36.3 Å². The van der Waals surface area contributed by atoms with Crippen LogP contribution in [0.3, 0.4) is 0 Å². The predicted octanol–water partition coefficient (Wildman–Crippen LogP) is 2.25. The van der Waals surface area contributed by atoms with Gasteiger partial charge in [0.25, 0.3) is 0 Å². The van der Waals surface area contributed by atoms with Crippen molar-refractivity contribution in [1.82, 2.24) is 15.1 Å². The number of carbonyl (C=O) groups is 1. The molecule has 1 fully saturated rings. The Kier molecular flexibility index (Phi) is 6.03. The second kappa shape index (κ2) is 8.64. The number of nitrogens with one attached hydrogen (secondary N) is 1. The van der Waals surface area contributed by atoms with Crippen LogP contribution in [0.5, 0.6) is 17.4 Å². The molecule has 1 atom stereocenters. The molecule has 2 heterocycles. The fraction of sp³-hybridized carbons (Fsp3) is 0.421. The zero-order valence-corrected chi connectivity index (χ0v) is 16.5. The first-order valence-corrected chi connectivity index (χ1v) is 8.96. The van der Waals surface area contributed by atoms with Gasteiger partial charge in [-0.2, -0.15) is 0 Å². The zero-order valence-electron chi connectivity index (χ0n) is 16.5. The lowest BCUT2D eigenvalue weighted by Crippen LogP contribution is -2.34. The molecule has 0 aliphatic carbocycles. The number of hydrogen-bond acceptors (Lipinski definition) is 7. The second-order valence-electron chi connectivity index (χ2n) is 6.57. The number of nitrogens with zero attached hydrogens (tertiary/aromatic N) is 4. The second-order valence-corrected chi connectivity index (χ2v) is 6.57. The van der Waals surface area contributed by atoms with E-state index in [1.165, 1.54) is 7.11 Å². The van der Waals surface area contributed by atoms with Crippen LogP contribution in [0.1, 0.15) is 6.42 Å². The molecule has 1 saturated heterocycles. The van der Waals surface area contributed by atoms with Crippen molar-refractivity contribution in [3.8, 4) is 17.4 Å². The summed E-state index contributed by atoms with van der Waals surface area (Å²) in [5.41, 5.74) is 0.557. The Labute approximate surface area is 164 Å². The number of ether oxygens (including phenoxy) is 3. The van der Waals surface area contributed by atoms with Crippen molar-refractivity contribution in [3.63, 3.8) is 0 Å². The topological polar surface area (TPSA) is 89.1 Å². The highest BCUT2D eigenvalue weighted by atomic mass is 16.5. The molecule has 1 aromatic heterocycles. The molecule has 150 valence electrons. The number of anilines is 2. The van der Waals surface area contributed by atoms with Crippen molar-refractivity contribution in [2.45, 2.75) is 12.5 Å². The number of para-hydroxylation sites is 1. The van der Waals surface area contributed by atoms with Crippen LogP contribution in [0.2, 0.25) is 0 Å². The summed E-state index contributed by atoms with van der Waals surface area (Å²) in [6.07, 6.45) is 0.595. The molecule has 0 spiro atoms. The minimum atomic E-state index is -0.216.